The zero-order valence-corrected chi connectivity index (χ0v) is 12.6. The van der Waals surface area contributed by atoms with Crippen LogP contribution in [0.4, 0.5) is 5.69 Å². The molecule has 2 aromatic heterocycles. The monoisotopic (exact) mass is 329 g/mol. The van der Waals surface area contributed by atoms with Crippen LogP contribution in [0.15, 0.2) is 26.7 Å². The van der Waals surface area contributed by atoms with Crippen molar-refractivity contribution in [2.75, 3.05) is 4.72 Å². The Morgan fingerprint density at radius 1 is 1.48 bits per heavy atom. The van der Waals surface area contributed by atoms with E-state index in [-0.39, 0.29) is 22.2 Å². The summed E-state index contributed by atoms with van der Waals surface area (Å²) in [5, 5.41) is 3.35. The summed E-state index contributed by atoms with van der Waals surface area (Å²) in [5.74, 6) is 0.181. The molecule has 1 aliphatic carbocycles. The minimum absolute atomic E-state index is 0.0196. The molecule has 21 heavy (non-hydrogen) atoms. The van der Waals surface area contributed by atoms with Crippen molar-refractivity contribution < 1.29 is 12.9 Å². The van der Waals surface area contributed by atoms with Crippen molar-refractivity contribution in [2.45, 2.75) is 30.8 Å². The summed E-state index contributed by atoms with van der Waals surface area (Å²) in [4.78, 5) is 13.7. The topological polar surface area (TPSA) is 105 Å². The second kappa shape index (κ2) is 4.88. The molecule has 2 N–H and O–H groups in total. The van der Waals surface area contributed by atoms with Gasteiger partial charge in [0, 0.05) is 17.7 Å². The van der Waals surface area contributed by atoms with Gasteiger partial charge in [0.25, 0.3) is 20.7 Å². The highest BCUT2D eigenvalue weighted by Gasteiger charge is 2.35. The number of halogens is 1. The summed E-state index contributed by atoms with van der Waals surface area (Å²) in [7, 11) is -3.99. The van der Waals surface area contributed by atoms with Gasteiger partial charge in [0.1, 0.15) is 10.7 Å². The molecule has 0 aromatic carbocycles. The van der Waals surface area contributed by atoms with E-state index in [1.54, 1.807) is 6.92 Å². The predicted molar refractivity (Wildman–Crippen MR) is 76.1 cm³/mol. The lowest BCUT2D eigenvalue weighted by Gasteiger charge is -2.05. The summed E-state index contributed by atoms with van der Waals surface area (Å²) in [6, 6.07) is 1.42. The van der Waals surface area contributed by atoms with Gasteiger partial charge in [0.2, 0.25) is 0 Å². The van der Waals surface area contributed by atoms with Gasteiger partial charge in [-0.25, -0.2) is 0 Å². The third-order valence-electron chi connectivity index (χ3n) is 3.18. The minimum Gasteiger partial charge on any atom is -0.341 e. The fraction of sp³-hybridized carbons (Fsp3) is 0.333. The summed E-state index contributed by atoms with van der Waals surface area (Å²) < 4.78 is 31.7. The number of anilines is 1. The van der Waals surface area contributed by atoms with Gasteiger partial charge in [-0.2, -0.15) is 8.42 Å². The fourth-order valence-corrected chi connectivity index (χ4v) is 3.44. The second-order valence-electron chi connectivity index (χ2n) is 4.95. The summed E-state index contributed by atoms with van der Waals surface area (Å²) in [6.45, 7) is 1.57. The smallest absolute Gasteiger partial charge is 0.299 e. The van der Waals surface area contributed by atoms with Crippen LogP contribution in [0.2, 0.25) is 5.02 Å². The molecule has 1 fully saturated rings. The first-order chi connectivity index (χ1) is 9.88. The van der Waals surface area contributed by atoms with Crippen molar-refractivity contribution in [1.82, 2.24) is 10.1 Å². The maximum absolute atomic E-state index is 12.3. The maximum atomic E-state index is 12.3. The normalized spacial score (nSPS) is 15.1. The molecule has 0 amide bonds. The molecule has 1 aliphatic rings. The Hall–Kier alpha value is -1.80. The van der Waals surface area contributed by atoms with Crippen LogP contribution in [0.25, 0.3) is 0 Å². The van der Waals surface area contributed by atoms with Crippen molar-refractivity contribution in [3.63, 3.8) is 0 Å². The number of pyridine rings is 1. The van der Waals surface area contributed by atoms with E-state index in [0.29, 0.717) is 11.3 Å². The number of aryl methyl sites for hydroxylation is 1. The van der Waals surface area contributed by atoms with Crippen LogP contribution in [0.3, 0.4) is 0 Å². The summed E-state index contributed by atoms with van der Waals surface area (Å²) >= 11 is 6.03. The van der Waals surface area contributed by atoms with E-state index in [1.165, 1.54) is 12.3 Å². The lowest BCUT2D eigenvalue weighted by atomic mass is 10.3. The van der Waals surface area contributed by atoms with Gasteiger partial charge in [-0.05, 0) is 25.8 Å². The number of nitrogens with one attached hydrogen (secondary N) is 2. The molecule has 0 atom stereocenters. The van der Waals surface area contributed by atoms with Crippen LogP contribution in [-0.2, 0) is 10.0 Å². The van der Waals surface area contributed by atoms with E-state index >= 15 is 0 Å². The number of H-pyrrole nitrogens is 1. The molecular weight excluding hydrogens is 318 g/mol. The summed E-state index contributed by atoms with van der Waals surface area (Å²) in [6.07, 6.45) is 3.12. The zero-order chi connectivity index (χ0) is 15.2. The van der Waals surface area contributed by atoms with Crippen LogP contribution < -0.4 is 10.3 Å². The number of aromatic amines is 1. The van der Waals surface area contributed by atoms with Gasteiger partial charge in [0.15, 0.2) is 0 Å². The molecule has 9 heteroatoms. The van der Waals surface area contributed by atoms with Crippen LogP contribution in [0, 0.1) is 6.92 Å². The molecule has 0 radical (unpaired) electrons. The van der Waals surface area contributed by atoms with Crippen molar-refractivity contribution in [3.8, 4) is 0 Å². The molecule has 0 bridgehead atoms. The first kappa shape index (κ1) is 14.2. The molecule has 0 spiro atoms. The standard InChI is InChI=1S/C12H12ClN3O4S/c1-6-4-8(5-14-11(6)17)16-21(18,19)12-9(13)10(15-20-12)7-2-3-7/h4-5,7,16H,2-3H2,1H3,(H,14,17). The van der Waals surface area contributed by atoms with Crippen LogP contribution >= 0.6 is 11.6 Å². The van der Waals surface area contributed by atoms with E-state index in [2.05, 4.69) is 14.9 Å². The quantitative estimate of drug-likeness (QED) is 0.892. The van der Waals surface area contributed by atoms with Crippen molar-refractivity contribution >= 4 is 27.3 Å². The Bertz CT molecular complexity index is 852. The Morgan fingerprint density at radius 2 is 2.19 bits per heavy atom. The predicted octanol–water partition coefficient (Wildman–Crippen LogP) is 2.00. The Morgan fingerprint density at radius 3 is 2.81 bits per heavy atom. The maximum Gasteiger partial charge on any atom is 0.299 e. The molecule has 0 unspecified atom stereocenters. The summed E-state index contributed by atoms with van der Waals surface area (Å²) in [5.41, 5.74) is 0.798. The Balaban J connectivity index is 1.93. The Labute approximate surface area is 125 Å². The Kier molecular flexibility index (Phi) is 3.29. The number of hydrogen-bond donors (Lipinski definition) is 2. The van der Waals surface area contributed by atoms with Crippen molar-refractivity contribution in [1.29, 1.82) is 0 Å². The van der Waals surface area contributed by atoms with Gasteiger partial charge >= 0.3 is 0 Å². The highest BCUT2D eigenvalue weighted by molar-refractivity contribution is 7.92. The number of hydrogen-bond acceptors (Lipinski definition) is 5. The largest absolute Gasteiger partial charge is 0.341 e. The molecule has 0 aliphatic heterocycles. The highest BCUT2D eigenvalue weighted by Crippen LogP contribution is 2.44. The lowest BCUT2D eigenvalue weighted by Crippen LogP contribution is -2.15. The van der Waals surface area contributed by atoms with E-state index < -0.39 is 15.1 Å². The molecule has 2 heterocycles. The first-order valence-electron chi connectivity index (χ1n) is 6.25. The van der Waals surface area contributed by atoms with Crippen LogP contribution in [0.5, 0.6) is 0 Å². The van der Waals surface area contributed by atoms with Gasteiger partial charge in [-0.3, -0.25) is 9.52 Å². The van der Waals surface area contributed by atoms with Crippen molar-refractivity contribution in [3.05, 3.63) is 38.9 Å². The van der Waals surface area contributed by atoms with E-state index in [4.69, 9.17) is 16.1 Å². The van der Waals surface area contributed by atoms with Gasteiger partial charge in [0.05, 0.1) is 5.69 Å². The van der Waals surface area contributed by atoms with E-state index in [1.807, 2.05) is 0 Å². The third kappa shape index (κ3) is 2.68. The average Bonchev–Trinajstić information content (AvgIpc) is 3.16. The number of aromatic nitrogens is 2. The SMILES string of the molecule is Cc1cc(NS(=O)(=O)c2onc(C3CC3)c2Cl)c[nH]c1=O. The van der Waals surface area contributed by atoms with Crippen LogP contribution in [-0.4, -0.2) is 18.6 Å². The molecule has 0 saturated heterocycles. The van der Waals surface area contributed by atoms with Gasteiger partial charge < -0.3 is 9.51 Å². The fourth-order valence-electron chi connectivity index (χ4n) is 1.91. The average molecular weight is 330 g/mol. The third-order valence-corrected chi connectivity index (χ3v) is 4.93. The van der Waals surface area contributed by atoms with Gasteiger partial charge in [-0.1, -0.05) is 16.8 Å². The molecule has 7 nitrogen and oxygen atoms in total. The van der Waals surface area contributed by atoms with Gasteiger partial charge in [-0.15, -0.1) is 0 Å². The van der Waals surface area contributed by atoms with Crippen molar-refractivity contribution in [2.24, 2.45) is 0 Å². The molecule has 3 rings (SSSR count). The number of nitrogens with zero attached hydrogens (tertiary/aromatic N) is 1. The van der Waals surface area contributed by atoms with Crippen LogP contribution in [0.1, 0.15) is 30.0 Å². The lowest BCUT2D eigenvalue weighted by molar-refractivity contribution is 0.335. The number of rotatable bonds is 4. The molecule has 2 aromatic rings. The second-order valence-corrected chi connectivity index (χ2v) is 6.91. The van der Waals surface area contributed by atoms with E-state index in [9.17, 15) is 13.2 Å². The highest BCUT2D eigenvalue weighted by atomic mass is 35.5. The zero-order valence-electron chi connectivity index (χ0n) is 11.0. The molecular formula is C12H12ClN3O4S. The molecule has 1 saturated carbocycles. The first-order valence-corrected chi connectivity index (χ1v) is 8.12. The van der Waals surface area contributed by atoms with E-state index in [0.717, 1.165) is 12.8 Å². The number of sulfonamides is 1. The minimum atomic E-state index is -3.99. The molecule has 112 valence electrons.